The van der Waals surface area contributed by atoms with E-state index in [0.29, 0.717) is 11.1 Å². The van der Waals surface area contributed by atoms with E-state index in [0.717, 1.165) is 24.1 Å². The molecule has 2 rings (SSSR count). The van der Waals surface area contributed by atoms with Crippen LogP contribution < -0.4 is 0 Å². The van der Waals surface area contributed by atoms with Crippen LogP contribution in [0.25, 0.3) is 11.1 Å². The number of rotatable bonds is 2. The number of hydrogen-bond acceptors (Lipinski definition) is 0. The molecule has 2 aromatic carbocycles. The Kier molecular flexibility index (Phi) is 3.18. The predicted molar refractivity (Wildman–Crippen MR) is 61.1 cm³/mol. The van der Waals surface area contributed by atoms with E-state index in [9.17, 15) is 13.2 Å². The maximum absolute atomic E-state index is 13.6. The zero-order valence-corrected chi connectivity index (χ0v) is 9.31. The maximum atomic E-state index is 13.6. The molecule has 0 N–H and O–H groups in total. The smallest absolute Gasteiger partial charge is 0.159 e. The highest BCUT2D eigenvalue weighted by molar-refractivity contribution is 5.65. The molecule has 0 radical (unpaired) electrons. The molecular weight excluding hydrogens is 225 g/mol. The Bertz CT molecular complexity index is 547. The standard InChI is InChI=1S/C14H11F3/c1-2-9-3-5-12(15)11(7-9)10-4-6-13(16)14(17)8-10/h3-8H,2H2,1H3. The van der Waals surface area contributed by atoms with Crippen LogP contribution in [-0.2, 0) is 6.42 Å². The van der Waals surface area contributed by atoms with Crippen molar-refractivity contribution >= 4 is 0 Å². The molecule has 0 saturated heterocycles. The number of halogens is 3. The maximum Gasteiger partial charge on any atom is 0.159 e. The highest BCUT2D eigenvalue weighted by Crippen LogP contribution is 2.25. The van der Waals surface area contributed by atoms with E-state index in [1.54, 1.807) is 12.1 Å². The van der Waals surface area contributed by atoms with Gasteiger partial charge in [-0.1, -0.05) is 19.1 Å². The van der Waals surface area contributed by atoms with Crippen LogP contribution in [0.1, 0.15) is 12.5 Å². The Morgan fingerprint density at radius 2 is 1.53 bits per heavy atom. The lowest BCUT2D eigenvalue weighted by molar-refractivity contribution is 0.509. The van der Waals surface area contributed by atoms with Gasteiger partial charge in [-0.05, 0) is 41.8 Å². The molecule has 0 amide bonds. The summed E-state index contributed by atoms with van der Waals surface area (Å²) in [5.41, 5.74) is 1.59. The number of aryl methyl sites for hydroxylation is 1. The normalized spacial score (nSPS) is 10.6. The molecule has 0 saturated carbocycles. The third-order valence-electron chi connectivity index (χ3n) is 2.67. The van der Waals surface area contributed by atoms with Crippen molar-refractivity contribution in [3.8, 4) is 11.1 Å². The van der Waals surface area contributed by atoms with Crippen molar-refractivity contribution in [1.82, 2.24) is 0 Å². The molecule has 88 valence electrons. The van der Waals surface area contributed by atoms with Crippen LogP contribution in [0.2, 0.25) is 0 Å². The Hall–Kier alpha value is -1.77. The Morgan fingerprint density at radius 1 is 0.824 bits per heavy atom. The second kappa shape index (κ2) is 4.62. The average molecular weight is 236 g/mol. The molecule has 0 spiro atoms. The summed E-state index contributed by atoms with van der Waals surface area (Å²) in [5, 5.41) is 0. The van der Waals surface area contributed by atoms with Crippen LogP contribution in [0.4, 0.5) is 13.2 Å². The summed E-state index contributed by atoms with van der Waals surface area (Å²) in [5.74, 6) is -2.34. The third kappa shape index (κ3) is 2.33. The van der Waals surface area contributed by atoms with Gasteiger partial charge in [0.25, 0.3) is 0 Å². The van der Waals surface area contributed by atoms with Crippen molar-refractivity contribution < 1.29 is 13.2 Å². The number of hydrogen-bond donors (Lipinski definition) is 0. The van der Waals surface area contributed by atoms with Crippen molar-refractivity contribution in [3.05, 3.63) is 59.4 Å². The topological polar surface area (TPSA) is 0 Å². The Morgan fingerprint density at radius 3 is 2.18 bits per heavy atom. The van der Waals surface area contributed by atoms with Crippen LogP contribution in [0.3, 0.4) is 0 Å². The molecule has 0 atom stereocenters. The molecule has 0 fully saturated rings. The molecule has 17 heavy (non-hydrogen) atoms. The number of benzene rings is 2. The van der Waals surface area contributed by atoms with Crippen LogP contribution in [0, 0.1) is 17.5 Å². The SMILES string of the molecule is CCc1ccc(F)c(-c2ccc(F)c(F)c2)c1. The van der Waals surface area contributed by atoms with Gasteiger partial charge in [0, 0.05) is 5.56 Å². The van der Waals surface area contributed by atoms with Gasteiger partial charge in [0.15, 0.2) is 11.6 Å². The molecular formula is C14H11F3. The summed E-state index contributed by atoms with van der Waals surface area (Å²) >= 11 is 0. The monoisotopic (exact) mass is 236 g/mol. The molecule has 2 aromatic rings. The minimum Gasteiger partial charge on any atom is -0.206 e. The fraction of sp³-hybridized carbons (Fsp3) is 0.143. The molecule has 0 heterocycles. The van der Waals surface area contributed by atoms with E-state index >= 15 is 0 Å². The van der Waals surface area contributed by atoms with Gasteiger partial charge in [0.05, 0.1) is 0 Å². The molecule has 0 aliphatic carbocycles. The lowest BCUT2D eigenvalue weighted by Gasteiger charge is -2.06. The minimum absolute atomic E-state index is 0.295. The second-order valence-corrected chi connectivity index (χ2v) is 3.80. The molecule has 3 heteroatoms. The summed E-state index contributed by atoms with van der Waals surface area (Å²) in [6.45, 7) is 1.95. The van der Waals surface area contributed by atoms with Gasteiger partial charge in [-0.15, -0.1) is 0 Å². The zero-order chi connectivity index (χ0) is 12.4. The van der Waals surface area contributed by atoms with E-state index in [1.807, 2.05) is 6.92 Å². The fourth-order valence-electron chi connectivity index (χ4n) is 1.68. The summed E-state index contributed by atoms with van der Waals surface area (Å²) in [7, 11) is 0. The minimum atomic E-state index is -0.969. The lowest BCUT2D eigenvalue weighted by Crippen LogP contribution is -1.90. The van der Waals surface area contributed by atoms with Gasteiger partial charge >= 0.3 is 0 Å². The van der Waals surface area contributed by atoms with Crippen molar-refractivity contribution in [3.63, 3.8) is 0 Å². The highest BCUT2D eigenvalue weighted by Gasteiger charge is 2.09. The molecule has 0 unspecified atom stereocenters. The van der Waals surface area contributed by atoms with Crippen molar-refractivity contribution in [2.24, 2.45) is 0 Å². The van der Waals surface area contributed by atoms with Crippen molar-refractivity contribution in [2.75, 3.05) is 0 Å². The molecule has 0 aromatic heterocycles. The Balaban J connectivity index is 2.55. The first-order valence-corrected chi connectivity index (χ1v) is 5.35. The van der Waals surface area contributed by atoms with Crippen LogP contribution in [0.5, 0.6) is 0 Å². The Labute approximate surface area is 97.7 Å². The largest absolute Gasteiger partial charge is 0.206 e. The first-order chi connectivity index (χ1) is 8.11. The molecule has 0 aliphatic heterocycles. The van der Waals surface area contributed by atoms with Gasteiger partial charge in [-0.3, -0.25) is 0 Å². The summed E-state index contributed by atoms with van der Waals surface area (Å²) < 4.78 is 39.5. The van der Waals surface area contributed by atoms with E-state index in [-0.39, 0.29) is 0 Å². The van der Waals surface area contributed by atoms with Crippen LogP contribution >= 0.6 is 0 Å². The fourth-order valence-corrected chi connectivity index (χ4v) is 1.68. The van der Waals surface area contributed by atoms with Gasteiger partial charge in [0.1, 0.15) is 5.82 Å². The summed E-state index contributed by atoms with van der Waals surface area (Å²) in [6, 6.07) is 8.06. The van der Waals surface area contributed by atoms with Gasteiger partial charge < -0.3 is 0 Å². The van der Waals surface area contributed by atoms with Gasteiger partial charge in [0.2, 0.25) is 0 Å². The van der Waals surface area contributed by atoms with Gasteiger partial charge in [-0.2, -0.15) is 0 Å². The quantitative estimate of drug-likeness (QED) is 0.727. The average Bonchev–Trinajstić information content (AvgIpc) is 2.33. The van der Waals surface area contributed by atoms with Crippen LogP contribution in [0.15, 0.2) is 36.4 Å². The van der Waals surface area contributed by atoms with E-state index in [2.05, 4.69) is 0 Å². The first-order valence-electron chi connectivity index (χ1n) is 5.35. The summed E-state index contributed by atoms with van der Waals surface area (Å²) in [4.78, 5) is 0. The molecule has 0 bridgehead atoms. The van der Waals surface area contributed by atoms with E-state index < -0.39 is 17.5 Å². The van der Waals surface area contributed by atoms with Crippen LogP contribution in [-0.4, -0.2) is 0 Å². The van der Waals surface area contributed by atoms with Crippen molar-refractivity contribution in [1.29, 1.82) is 0 Å². The van der Waals surface area contributed by atoms with E-state index in [4.69, 9.17) is 0 Å². The van der Waals surface area contributed by atoms with Crippen molar-refractivity contribution in [2.45, 2.75) is 13.3 Å². The second-order valence-electron chi connectivity index (χ2n) is 3.80. The van der Waals surface area contributed by atoms with Gasteiger partial charge in [-0.25, -0.2) is 13.2 Å². The zero-order valence-electron chi connectivity index (χ0n) is 9.31. The van der Waals surface area contributed by atoms with E-state index in [1.165, 1.54) is 12.1 Å². The predicted octanol–water partition coefficient (Wildman–Crippen LogP) is 4.33. The highest BCUT2D eigenvalue weighted by atomic mass is 19.2. The third-order valence-corrected chi connectivity index (χ3v) is 2.67. The molecule has 0 aliphatic rings. The first kappa shape index (κ1) is 11.7. The summed E-state index contributed by atoms with van der Waals surface area (Å²) in [6.07, 6.45) is 0.761. The molecule has 0 nitrogen and oxygen atoms in total. The lowest BCUT2D eigenvalue weighted by atomic mass is 10.0.